The van der Waals surface area contributed by atoms with Gasteiger partial charge in [0.05, 0.1) is 10.6 Å². The first-order chi connectivity index (χ1) is 9.63. The van der Waals surface area contributed by atoms with Gasteiger partial charge in [-0.3, -0.25) is 10.1 Å². The van der Waals surface area contributed by atoms with Gasteiger partial charge in [0.15, 0.2) is 5.13 Å². The molecule has 0 amide bonds. The molecule has 8 heteroatoms. The molecule has 0 spiro atoms. The number of nitrogens with one attached hydrogen (secondary N) is 1. The van der Waals surface area contributed by atoms with Gasteiger partial charge < -0.3 is 5.32 Å². The molecule has 0 atom stereocenters. The lowest BCUT2D eigenvalue weighted by molar-refractivity contribution is -0.384. The molecule has 0 radical (unpaired) electrons. The van der Waals surface area contributed by atoms with E-state index in [-0.39, 0.29) is 11.5 Å². The number of hydrogen-bond donors (Lipinski definition) is 1. The van der Waals surface area contributed by atoms with Crippen LogP contribution in [0.15, 0.2) is 16.7 Å². The number of anilines is 2. The molecule has 20 heavy (non-hydrogen) atoms. The summed E-state index contributed by atoms with van der Waals surface area (Å²) in [5.74, 6) is 0.226. The van der Waals surface area contributed by atoms with E-state index in [0.29, 0.717) is 9.60 Å². The van der Waals surface area contributed by atoms with Crippen LogP contribution in [0, 0.1) is 10.1 Å². The third kappa shape index (κ3) is 2.66. The Bertz CT molecular complexity index is 650. The minimum atomic E-state index is -0.451. The van der Waals surface area contributed by atoms with Crippen molar-refractivity contribution in [2.75, 3.05) is 5.32 Å². The first-order valence-electron chi connectivity index (χ1n) is 6.19. The van der Waals surface area contributed by atoms with Crippen molar-refractivity contribution in [2.24, 2.45) is 0 Å². The Morgan fingerprint density at radius 2 is 2.20 bits per heavy atom. The number of thiazole rings is 1. The standard InChI is InChI=1S/C12H11BrN4O2S/c13-7-5-9(17(18)19)11(14-6-7)16-12-15-8-3-1-2-4-10(8)20-12/h5-6H,1-4H2,(H,14,15,16). The Morgan fingerprint density at radius 3 is 2.95 bits per heavy atom. The quantitative estimate of drug-likeness (QED) is 0.668. The van der Waals surface area contributed by atoms with Gasteiger partial charge in [-0.25, -0.2) is 9.97 Å². The maximum Gasteiger partial charge on any atom is 0.312 e. The number of aryl methyl sites for hydroxylation is 2. The van der Waals surface area contributed by atoms with E-state index in [1.165, 1.54) is 23.6 Å². The number of nitrogens with zero attached hydrogens (tertiary/aromatic N) is 3. The molecule has 1 N–H and O–H groups in total. The van der Waals surface area contributed by atoms with E-state index in [9.17, 15) is 10.1 Å². The van der Waals surface area contributed by atoms with E-state index in [4.69, 9.17) is 0 Å². The first kappa shape index (κ1) is 13.4. The van der Waals surface area contributed by atoms with E-state index in [0.717, 1.165) is 25.0 Å². The van der Waals surface area contributed by atoms with Crippen molar-refractivity contribution in [3.05, 3.63) is 37.4 Å². The summed E-state index contributed by atoms with van der Waals surface area (Å²) in [4.78, 5) is 20.4. The van der Waals surface area contributed by atoms with Crippen molar-refractivity contribution in [3.8, 4) is 0 Å². The summed E-state index contributed by atoms with van der Waals surface area (Å²) in [6, 6.07) is 1.43. The van der Waals surface area contributed by atoms with Crippen LogP contribution in [0.25, 0.3) is 0 Å². The number of aromatic nitrogens is 2. The molecule has 0 aromatic carbocycles. The molecule has 0 bridgehead atoms. The van der Waals surface area contributed by atoms with Crippen molar-refractivity contribution in [1.82, 2.24) is 9.97 Å². The zero-order valence-electron chi connectivity index (χ0n) is 10.4. The highest BCUT2D eigenvalue weighted by Crippen LogP contribution is 2.33. The number of fused-ring (bicyclic) bond motifs is 1. The molecule has 2 heterocycles. The Morgan fingerprint density at radius 1 is 1.40 bits per heavy atom. The van der Waals surface area contributed by atoms with E-state index < -0.39 is 4.92 Å². The molecule has 2 aromatic heterocycles. The SMILES string of the molecule is O=[N+]([O-])c1cc(Br)cnc1Nc1nc2c(s1)CCCC2. The molecule has 1 aliphatic rings. The lowest BCUT2D eigenvalue weighted by Crippen LogP contribution is -2.00. The summed E-state index contributed by atoms with van der Waals surface area (Å²) < 4.78 is 0.577. The molecule has 0 fully saturated rings. The smallest absolute Gasteiger partial charge is 0.310 e. The van der Waals surface area contributed by atoms with E-state index in [2.05, 4.69) is 31.2 Å². The minimum absolute atomic E-state index is 0.0625. The van der Waals surface area contributed by atoms with Crippen molar-refractivity contribution in [3.63, 3.8) is 0 Å². The predicted molar refractivity (Wildman–Crippen MR) is 80.6 cm³/mol. The van der Waals surface area contributed by atoms with Crippen LogP contribution in [-0.2, 0) is 12.8 Å². The monoisotopic (exact) mass is 354 g/mol. The molecule has 0 unspecified atom stereocenters. The second kappa shape index (κ2) is 5.45. The van der Waals surface area contributed by atoms with Crippen molar-refractivity contribution >= 4 is 43.9 Å². The summed E-state index contributed by atoms with van der Waals surface area (Å²) in [6.07, 6.45) is 5.91. The van der Waals surface area contributed by atoms with Crippen LogP contribution >= 0.6 is 27.3 Å². The van der Waals surface area contributed by atoms with Gasteiger partial charge >= 0.3 is 5.69 Å². The number of nitro groups is 1. The lowest BCUT2D eigenvalue weighted by Gasteiger charge is -2.06. The fourth-order valence-corrected chi connectivity index (χ4v) is 3.54. The summed E-state index contributed by atoms with van der Waals surface area (Å²) in [5, 5.41) is 14.7. The Balaban J connectivity index is 1.91. The predicted octanol–water partition coefficient (Wildman–Crippen LogP) is 3.83. The molecule has 2 aromatic rings. The fraction of sp³-hybridized carbons (Fsp3) is 0.333. The summed E-state index contributed by atoms with van der Waals surface area (Å²) in [5.41, 5.74) is 1.05. The van der Waals surface area contributed by atoms with Crippen LogP contribution in [0.3, 0.4) is 0 Å². The third-order valence-corrected chi connectivity index (χ3v) is 4.61. The van der Waals surface area contributed by atoms with Gasteiger partial charge in [0, 0.05) is 21.6 Å². The fourth-order valence-electron chi connectivity index (χ4n) is 2.17. The largest absolute Gasteiger partial charge is 0.312 e. The third-order valence-electron chi connectivity index (χ3n) is 3.10. The molecule has 0 saturated carbocycles. The summed E-state index contributed by atoms with van der Waals surface area (Å²) in [6.45, 7) is 0. The van der Waals surface area contributed by atoms with Crippen molar-refractivity contribution in [1.29, 1.82) is 0 Å². The van der Waals surface area contributed by atoms with Gasteiger partial charge in [0.2, 0.25) is 5.82 Å². The highest BCUT2D eigenvalue weighted by molar-refractivity contribution is 9.10. The van der Waals surface area contributed by atoms with E-state index >= 15 is 0 Å². The van der Waals surface area contributed by atoms with Crippen LogP contribution < -0.4 is 5.32 Å². The molecule has 6 nitrogen and oxygen atoms in total. The maximum absolute atomic E-state index is 11.0. The second-order valence-electron chi connectivity index (χ2n) is 4.50. The maximum atomic E-state index is 11.0. The van der Waals surface area contributed by atoms with Crippen LogP contribution in [0.1, 0.15) is 23.4 Å². The molecule has 104 valence electrons. The Hall–Kier alpha value is -1.54. The van der Waals surface area contributed by atoms with E-state index in [1.807, 2.05) is 0 Å². The number of pyridine rings is 1. The topological polar surface area (TPSA) is 81.0 Å². The number of hydrogen-bond acceptors (Lipinski definition) is 6. The van der Waals surface area contributed by atoms with Crippen molar-refractivity contribution in [2.45, 2.75) is 25.7 Å². The summed E-state index contributed by atoms with van der Waals surface area (Å²) in [7, 11) is 0. The Labute approximate surface area is 127 Å². The highest BCUT2D eigenvalue weighted by atomic mass is 79.9. The second-order valence-corrected chi connectivity index (χ2v) is 6.50. The van der Waals surface area contributed by atoms with Gasteiger partial charge in [-0.1, -0.05) is 0 Å². The molecule has 0 aliphatic heterocycles. The van der Waals surface area contributed by atoms with Gasteiger partial charge in [-0.2, -0.15) is 0 Å². The van der Waals surface area contributed by atoms with Gasteiger partial charge in [-0.15, -0.1) is 11.3 Å². The number of rotatable bonds is 3. The van der Waals surface area contributed by atoms with Crippen LogP contribution in [0.4, 0.5) is 16.6 Å². The lowest BCUT2D eigenvalue weighted by atomic mass is 10.0. The first-order valence-corrected chi connectivity index (χ1v) is 7.80. The average molecular weight is 355 g/mol. The zero-order valence-corrected chi connectivity index (χ0v) is 12.8. The Kier molecular flexibility index (Phi) is 3.66. The van der Waals surface area contributed by atoms with Crippen molar-refractivity contribution < 1.29 is 4.92 Å². The summed E-state index contributed by atoms with van der Waals surface area (Å²) >= 11 is 4.75. The average Bonchev–Trinajstić information content (AvgIpc) is 2.82. The van der Waals surface area contributed by atoms with Crippen LogP contribution in [0.5, 0.6) is 0 Å². The van der Waals surface area contributed by atoms with Gasteiger partial charge in [-0.05, 0) is 41.6 Å². The molecule has 0 saturated heterocycles. The van der Waals surface area contributed by atoms with E-state index in [1.54, 1.807) is 11.3 Å². The molecule has 3 rings (SSSR count). The number of halogens is 1. The van der Waals surface area contributed by atoms with Crippen LogP contribution in [-0.4, -0.2) is 14.9 Å². The van der Waals surface area contributed by atoms with Gasteiger partial charge in [0.25, 0.3) is 0 Å². The minimum Gasteiger partial charge on any atom is -0.310 e. The highest BCUT2D eigenvalue weighted by Gasteiger charge is 2.19. The molecular weight excluding hydrogens is 344 g/mol. The molecular formula is C12H11BrN4O2S. The normalized spacial score (nSPS) is 13.8. The zero-order chi connectivity index (χ0) is 14.1. The molecule has 1 aliphatic carbocycles. The van der Waals surface area contributed by atoms with Gasteiger partial charge in [0.1, 0.15) is 0 Å². The van der Waals surface area contributed by atoms with Crippen LogP contribution in [0.2, 0.25) is 0 Å².